The van der Waals surface area contributed by atoms with Crippen molar-refractivity contribution in [1.82, 2.24) is 0 Å². The molecule has 0 saturated carbocycles. The summed E-state index contributed by atoms with van der Waals surface area (Å²) < 4.78 is 0. The van der Waals surface area contributed by atoms with E-state index >= 15 is 0 Å². The van der Waals surface area contributed by atoms with Gasteiger partial charge in [-0.05, 0) is 31.0 Å². The highest BCUT2D eigenvalue weighted by molar-refractivity contribution is 5.90. The summed E-state index contributed by atoms with van der Waals surface area (Å²) in [7, 11) is 0. The molecule has 0 radical (unpaired) electrons. The predicted molar refractivity (Wildman–Crippen MR) is 82.0 cm³/mol. The van der Waals surface area contributed by atoms with Crippen molar-refractivity contribution in [1.29, 1.82) is 0 Å². The van der Waals surface area contributed by atoms with Gasteiger partial charge < -0.3 is 15.7 Å². The fourth-order valence-electron chi connectivity index (χ4n) is 1.73. The smallest absolute Gasteiger partial charge is 0.339 e. The number of hydrogen-bond donors (Lipinski definition) is 3. The normalized spacial score (nSPS) is 11.0. The number of rotatable bonds is 4. The molecular formula is C16H20N2O3. The van der Waals surface area contributed by atoms with Crippen LogP contribution >= 0.6 is 0 Å². The van der Waals surface area contributed by atoms with E-state index in [0.717, 1.165) is 6.42 Å². The molecule has 0 aliphatic carbocycles. The number of benzene rings is 2. The zero-order valence-corrected chi connectivity index (χ0v) is 11.9. The molecule has 0 heterocycles. The van der Waals surface area contributed by atoms with Crippen LogP contribution in [0.2, 0.25) is 0 Å². The molecule has 5 N–H and O–H groups in total. The fourth-order valence-corrected chi connectivity index (χ4v) is 1.73. The van der Waals surface area contributed by atoms with E-state index in [1.807, 2.05) is 25.1 Å². The van der Waals surface area contributed by atoms with Gasteiger partial charge in [0, 0.05) is 6.04 Å². The summed E-state index contributed by atoms with van der Waals surface area (Å²) in [5.74, 6) is 3.94. The predicted octanol–water partition coefficient (Wildman–Crippen LogP) is 2.21. The van der Waals surface area contributed by atoms with E-state index in [1.54, 1.807) is 12.1 Å². The Morgan fingerprint density at radius 3 is 2.19 bits per heavy atom. The SMILES string of the molecule is CC(N)Cc1ccccc1.NOc1ccccc1C(=O)O. The van der Waals surface area contributed by atoms with E-state index in [1.165, 1.54) is 17.7 Å². The summed E-state index contributed by atoms with van der Waals surface area (Å²) in [6, 6.07) is 16.7. The third-order valence-corrected chi connectivity index (χ3v) is 2.64. The first-order valence-electron chi connectivity index (χ1n) is 6.53. The molecule has 0 aliphatic rings. The van der Waals surface area contributed by atoms with Gasteiger partial charge in [-0.15, -0.1) is 0 Å². The lowest BCUT2D eigenvalue weighted by molar-refractivity contribution is 0.0692. The Labute approximate surface area is 124 Å². The Hall–Kier alpha value is -2.37. The zero-order valence-electron chi connectivity index (χ0n) is 11.9. The van der Waals surface area contributed by atoms with Crippen LogP contribution in [0.3, 0.4) is 0 Å². The van der Waals surface area contributed by atoms with E-state index in [2.05, 4.69) is 17.0 Å². The van der Waals surface area contributed by atoms with E-state index in [-0.39, 0.29) is 17.4 Å². The van der Waals surface area contributed by atoms with Crippen LogP contribution in [0.4, 0.5) is 0 Å². The van der Waals surface area contributed by atoms with Gasteiger partial charge in [-0.25, -0.2) is 4.79 Å². The standard InChI is InChI=1S/C9H13N.C7H7NO3/c1-8(10)7-9-5-3-2-4-6-9;8-11-6-4-2-1-3-5(6)7(9)10/h2-6,8H,7,10H2,1H3;1-4H,8H2,(H,9,10). The van der Waals surface area contributed by atoms with Gasteiger partial charge in [0.15, 0.2) is 5.75 Å². The molecule has 0 amide bonds. The number of nitrogens with two attached hydrogens (primary N) is 2. The van der Waals surface area contributed by atoms with E-state index < -0.39 is 5.97 Å². The average molecular weight is 288 g/mol. The quantitative estimate of drug-likeness (QED) is 0.749. The van der Waals surface area contributed by atoms with E-state index in [4.69, 9.17) is 16.7 Å². The lowest BCUT2D eigenvalue weighted by atomic mass is 10.1. The van der Waals surface area contributed by atoms with Crippen molar-refractivity contribution in [3.8, 4) is 5.75 Å². The Kier molecular flexibility index (Phi) is 6.94. The molecule has 5 nitrogen and oxygen atoms in total. The highest BCUT2D eigenvalue weighted by Crippen LogP contribution is 2.15. The Morgan fingerprint density at radius 2 is 1.71 bits per heavy atom. The maximum Gasteiger partial charge on any atom is 0.339 e. The van der Waals surface area contributed by atoms with Crippen LogP contribution < -0.4 is 16.5 Å². The molecular weight excluding hydrogens is 268 g/mol. The van der Waals surface area contributed by atoms with Crippen LogP contribution in [0.1, 0.15) is 22.8 Å². The molecule has 1 unspecified atom stereocenters. The maximum absolute atomic E-state index is 10.4. The van der Waals surface area contributed by atoms with Gasteiger partial charge in [-0.2, -0.15) is 5.90 Å². The fraction of sp³-hybridized carbons (Fsp3) is 0.188. The van der Waals surface area contributed by atoms with Gasteiger partial charge in [0.1, 0.15) is 5.56 Å². The summed E-state index contributed by atoms with van der Waals surface area (Å²) in [5.41, 5.74) is 7.01. The lowest BCUT2D eigenvalue weighted by Crippen LogP contribution is -2.17. The van der Waals surface area contributed by atoms with Crippen LogP contribution in [0.15, 0.2) is 54.6 Å². The molecule has 5 heteroatoms. The maximum atomic E-state index is 10.4. The van der Waals surface area contributed by atoms with Gasteiger partial charge in [0.2, 0.25) is 0 Å². The van der Waals surface area contributed by atoms with Gasteiger partial charge in [0.25, 0.3) is 0 Å². The Bertz CT molecular complexity index is 556. The number of carboxylic acids is 1. The van der Waals surface area contributed by atoms with Gasteiger partial charge in [-0.3, -0.25) is 0 Å². The molecule has 21 heavy (non-hydrogen) atoms. The van der Waals surface area contributed by atoms with Crippen molar-refractivity contribution in [2.45, 2.75) is 19.4 Å². The van der Waals surface area contributed by atoms with Crippen molar-refractivity contribution in [3.63, 3.8) is 0 Å². The Morgan fingerprint density at radius 1 is 1.14 bits per heavy atom. The number of carbonyl (C=O) groups is 1. The summed E-state index contributed by atoms with van der Waals surface area (Å²) in [6.45, 7) is 2.02. The third kappa shape index (κ3) is 6.07. The highest BCUT2D eigenvalue weighted by atomic mass is 16.6. The van der Waals surface area contributed by atoms with Crippen molar-refractivity contribution < 1.29 is 14.7 Å². The number of carboxylic acid groups (broad SMARTS) is 1. The van der Waals surface area contributed by atoms with Gasteiger partial charge in [0.05, 0.1) is 0 Å². The van der Waals surface area contributed by atoms with Crippen molar-refractivity contribution in [2.24, 2.45) is 11.6 Å². The minimum absolute atomic E-state index is 0.0648. The van der Waals surface area contributed by atoms with E-state index in [9.17, 15) is 4.79 Å². The second kappa shape index (κ2) is 8.73. The summed E-state index contributed by atoms with van der Waals surface area (Å²) in [6.07, 6.45) is 0.973. The molecule has 112 valence electrons. The topological polar surface area (TPSA) is 98.6 Å². The first-order valence-corrected chi connectivity index (χ1v) is 6.53. The molecule has 2 aromatic rings. The second-order valence-corrected chi connectivity index (χ2v) is 4.59. The monoisotopic (exact) mass is 288 g/mol. The average Bonchev–Trinajstić information content (AvgIpc) is 2.48. The number of aromatic carboxylic acids is 1. The summed E-state index contributed by atoms with van der Waals surface area (Å²) >= 11 is 0. The van der Waals surface area contributed by atoms with Gasteiger partial charge >= 0.3 is 5.97 Å². The summed E-state index contributed by atoms with van der Waals surface area (Å²) in [5, 5.41) is 8.56. The lowest BCUT2D eigenvalue weighted by Gasteiger charge is -2.02. The highest BCUT2D eigenvalue weighted by Gasteiger charge is 2.08. The van der Waals surface area contributed by atoms with E-state index in [0.29, 0.717) is 0 Å². The molecule has 1 atom stereocenters. The molecule has 0 aromatic heterocycles. The van der Waals surface area contributed by atoms with Gasteiger partial charge in [-0.1, -0.05) is 42.5 Å². The first-order chi connectivity index (χ1) is 10.0. The number of hydrogen-bond acceptors (Lipinski definition) is 4. The first kappa shape index (κ1) is 16.7. The number of para-hydroxylation sites is 1. The van der Waals surface area contributed by atoms with Crippen LogP contribution in [-0.4, -0.2) is 17.1 Å². The van der Waals surface area contributed by atoms with Crippen molar-refractivity contribution >= 4 is 5.97 Å². The molecule has 2 aromatic carbocycles. The molecule has 0 spiro atoms. The molecule has 0 fully saturated rings. The minimum Gasteiger partial charge on any atom is -0.478 e. The third-order valence-electron chi connectivity index (χ3n) is 2.64. The largest absolute Gasteiger partial charge is 0.478 e. The summed E-state index contributed by atoms with van der Waals surface area (Å²) in [4.78, 5) is 14.8. The van der Waals surface area contributed by atoms with Crippen molar-refractivity contribution in [2.75, 3.05) is 0 Å². The molecule has 0 saturated heterocycles. The van der Waals surface area contributed by atoms with Crippen LogP contribution in [0.25, 0.3) is 0 Å². The zero-order chi connectivity index (χ0) is 15.7. The molecule has 2 rings (SSSR count). The van der Waals surface area contributed by atoms with Crippen LogP contribution in [-0.2, 0) is 6.42 Å². The van der Waals surface area contributed by atoms with Crippen LogP contribution in [0.5, 0.6) is 5.75 Å². The minimum atomic E-state index is -1.05. The van der Waals surface area contributed by atoms with Crippen molar-refractivity contribution in [3.05, 3.63) is 65.7 Å². The molecule has 0 aliphatic heterocycles. The second-order valence-electron chi connectivity index (χ2n) is 4.59. The molecule has 0 bridgehead atoms. The Balaban J connectivity index is 0.000000211. The van der Waals surface area contributed by atoms with Crippen LogP contribution in [0, 0.1) is 0 Å².